The van der Waals surface area contributed by atoms with Crippen LogP contribution in [0.4, 0.5) is 0 Å². The smallest absolute Gasteiger partial charge is 0.331 e. The lowest BCUT2D eigenvalue weighted by Gasteiger charge is -2.24. The molecule has 0 bridgehead atoms. The van der Waals surface area contributed by atoms with Gasteiger partial charge in [-0.05, 0) is 33.1 Å². The third-order valence-electron chi connectivity index (χ3n) is 2.09. The van der Waals surface area contributed by atoms with Gasteiger partial charge in [0.1, 0.15) is 5.60 Å². The zero-order valence-electron chi connectivity index (χ0n) is 11.2. The summed E-state index contributed by atoms with van der Waals surface area (Å²) >= 11 is 0. The Morgan fingerprint density at radius 1 is 1.29 bits per heavy atom. The molecule has 0 aliphatic rings. The molecule has 0 saturated heterocycles. The summed E-state index contributed by atoms with van der Waals surface area (Å²) in [6, 6.07) is 0. The van der Waals surface area contributed by atoms with Crippen LogP contribution in [-0.2, 0) is 14.3 Å². The highest BCUT2D eigenvalue weighted by Gasteiger charge is 2.30. The van der Waals surface area contributed by atoms with Gasteiger partial charge in [-0.1, -0.05) is 20.4 Å². The number of hydrogen-bond donors (Lipinski definition) is 1. The molecule has 17 heavy (non-hydrogen) atoms. The first-order valence-electron chi connectivity index (χ1n) is 5.69. The topological polar surface area (TPSA) is 63.6 Å². The van der Waals surface area contributed by atoms with E-state index in [1.54, 1.807) is 20.8 Å². The van der Waals surface area contributed by atoms with Crippen molar-refractivity contribution in [3.8, 4) is 0 Å². The van der Waals surface area contributed by atoms with E-state index in [9.17, 15) is 9.59 Å². The number of esters is 1. The molecule has 0 aliphatic heterocycles. The van der Waals surface area contributed by atoms with Gasteiger partial charge in [0.05, 0.1) is 5.92 Å². The van der Waals surface area contributed by atoms with Gasteiger partial charge in [-0.15, -0.1) is 0 Å². The first kappa shape index (κ1) is 15.7. The molecule has 0 radical (unpaired) electrons. The second-order valence-corrected chi connectivity index (χ2v) is 5.55. The van der Waals surface area contributed by atoms with Crippen LogP contribution in [0, 0.1) is 11.8 Å². The van der Waals surface area contributed by atoms with Crippen LogP contribution in [-0.4, -0.2) is 22.6 Å². The van der Waals surface area contributed by atoms with Gasteiger partial charge >= 0.3 is 11.9 Å². The van der Waals surface area contributed by atoms with Gasteiger partial charge in [-0.25, -0.2) is 4.79 Å². The number of carbonyl (C=O) groups excluding carboxylic acids is 1. The molecule has 0 heterocycles. The summed E-state index contributed by atoms with van der Waals surface area (Å²) in [6.45, 7) is 12.6. The number of aliphatic carboxylic acids is 1. The zero-order chi connectivity index (χ0) is 13.8. The second kappa shape index (κ2) is 5.84. The van der Waals surface area contributed by atoms with E-state index in [-0.39, 0.29) is 11.5 Å². The summed E-state index contributed by atoms with van der Waals surface area (Å²) in [5, 5.41) is 8.91. The fourth-order valence-electron chi connectivity index (χ4n) is 1.37. The van der Waals surface area contributed by atoms with E-state index < -0.39 is 23.5 Å². The normalized spacial score (nSPS) is 13.3. The van der Waals surface area contributed by atoms with E-state index in [0.29, 0.717) is 6.42 Å². The van der Waals surface area contributed by atoms with Crippen molar-refractivity contribution in [3.05, 3.63) is 12.2 Å². The Morgan fingerprint density at radius 2 is 1.76 bits per heavy atom. The molecular formula is C13H22O4. The van der Waals surface area contributed by atoms with Crippen LogP contribution in [0.25, 0.3) is 0 Å². The van der Waals surface area contributed by atoms with Crippen LogP contribution in [0.5, 0.6) is 0 Å². The summed E-state index contributed by atoms with van der Waals surface area (Å²) in [4.78, 5) is 22.8. The summed E-state index contributed by atoms with van der Waals surface area (Å²) in [5.74, 6) is -2.24. The average molecular weight is 242 g/mol. The van der Waals surface area contributed by atoms with Crippen LogP contribution in [0.1, 0.15) is 41.0 Å². The van der Waals surface area contributed by atoms with E-state index >= 15 is 0 Å². The van der Waals surface area contributed by atoms with Crippen molar-refractivity contribution in [2.45, 2.75) is 46.6 Å². The van der Waals surface area contributed by atoms with Crippen molar-refractivity contribution < 1.29 is 19.4 Å². The molecule has 98 valence electrons. The van der Waals surface area contributed by atoms with Gasteiger partial charge in [0.25, 0.3) is 0 Å². The third kappa shape index (κ3) is 6.09. The largest absolute Gasteiger partial charge is 0.478 e. The fourth-order valence-corrected chi connectivity index (χ4v) is 1.37. The molecule has 1 N–H and O–H groups in total. The molecular weight excluding hydrogens is 220 g/mol. The zero-order valence-corrected chi connectivity index (χ0v) is 11.2. The molecule has 0 aromatic heterocycles. The van der Waals surface area contributed by atoms with E-state index in [4.69, 9.17) is 9.84 Å². The molecule has 0 amide bonds. The molecule has 1 atom stereocenters. The van der Waals surface area contributed by atoms with Crippen LogP contribution in [0.15, 0.2) is 12.2 Å². The monoisotopic (exact) mass is 242 g/mol. The van der Waals surface area contributed by atoms with Crippen molar-refractivity contribution in [2.75, 3.05) is 0 Å². The Kier molecular flexibility index (Phi) is 5.39. The molecule has 0 rings (SSSR count). The van der Waals surface area contributed by atoms with Gasteiger partial charge in [0.15, 0.2) is 0 Å². The lowest BCUT2D eigenvalue weighted by Crippen LogP contribution is -2.31. The van der Waals surface area contributed by atoms with Crippen LogP contribution >= 0.6 is 0 Å². The molecule has 0 aliphatic carbocycles. The van der Waals surface area contributed by atoms with Crippen LogP contribution in [0.2, 0.25) is 0 Å². The van der Waals surface area contributed by atoms with E-state index in [1.807, 2.05) is 13.8 Å². The molecule has 0 aromatic carbocycles. The predicted octanol–water partition coefficient (Wildman–Crippen LogP) is 2.63. The lowest BCUT2D eigenvalue weighted by molar-refractivity contribution is -0.160. The summed E-state index contributed by atoms with van der Waals surface area (Å²) in [5.41, 5.74) is -0.724. The highest BCUT2D eigenvalue weighted by molar-refractivity contribution is 5.93. The van der Waals surface area contributed by atoms with Gasteiger partial charge in [0.2, 0.25) is 0 Å². The first-order valence-corrected chi connectivity index (χ1v) is 5.69. The molecule has 4 heteroatoms. The number of hydrogen-bond acceptors (Lipinski definition) is 3. The summed E-state index contributed by atoms with van der Waals surface area (Å²) in [6.07, 6.45) is 0.431. The fraction of sp³-hybridized carbons (Fsp3) is 0.692. The van der Waals surface area contributed by atoms with Crippen molar-refractivity contribution in [1.29, 1.82) is 0 Å². The van der Waals surface area contributed by atoms with E-state index in [0.717, 1.165) is 0 Å². The highest BCUT2D eigenvalue weighted by Crippen LogP contribution is 2.23. The SMILES string of the molecule is C=C(C(=O)O)C(CC(C)C)C(=O)OC(C)(C)C. The van der Waals surface area contributed by atoms with Gasteiger partial charge in [0, 0.05) is 5.57 Å². The molecule has 0 spiro atoms. The lowest BCUT2D eigenvalue weighted by atomic mass is 9.91. The maximum Gasteiger partial charge on any atom is 0.331 e. The minimum atomic E-state index is -1.15. The van der Waals surface area contributed by atoms with Crippen LogP contribution < -0.4 is 0 Å². The minimum Gasteiger partial charge on any atom is -0.478 e. The van der Waals surface area contributed by atoms with Crippen molar-refractivity contribution >= 4 is 11.9 Å². The molecule has 0 fully saturated rings. The van der Waals surface area contributed by atoms with Gasteiger partial charge < -0.3 is 9.84 Å². The maximum absolute atomic E-state index is 11.9. The standard InChI is InChI=1S/C13H22O4/c1-8(2)7-10(9(3)11(14)15)12(16)17-13(4,5)6/h8,10H,3,7H2,1-2,4-6H3,(H,14,15). The number of carbonyl (C=O) groups is 2. The number of carboxylic acid groups (broad SMARTS) is 1. The Labute approximate surface area is 103 Å². The van der Waals surface area contributed by atoms with E-state index in [1.165, 1.54) is 0 Å². The average Bonchev–Trinajstić information content (AvgIpc) is 2.09. The molecule has 4 nitrogen and oxygen atoms in total. The van der Waals surface area contributed by atoms with Crippen LogP contribution in [0.3, 0.4) is 0 Å². The first-order chi connectivity index (χ1) is 7.54. The van der Waals surface area contributed by atoms with Crippen molar-refractivity contribution in [2.24, 2.45) is 11.8 Å². The van der Waals surface area contributed by atoms with Crippen molar-refractivity contribution in [1.82, 2.24) is 0 Å². The minimum absolute atomic E-state index is 0.104. The summed E-state index contributed by atoms with van der Waals surface area (Å²) < 4.78 is 5.21. The predicted molar refractivity (Wildman–Crippen MR) is 65.6 cm³/mol. The molecule has 1 unspecified atom stereocenters. The number of rotatable bonds is 5. The Bertz CT molecular complexity index is 310. The summed E-state index contributed by atoms with van der Waals surface area (Å²) in [7, 11) is 0. The van der Waals surface area contributed by atoms with E-state index in [2.05, 4.69) is 6.58 Å². The molecule has 0 saturated carbocycles. The Morgan fingerprint density at radius 3 is 2.06 bits per heavy atom. The second-order valence-electron chi connectivity index (χ2n) is 5.55. The number of carboxylic acids is 1. The number of ether oxygens (including phenoxy) is 1. The van der Waals surface area contributed by atoms with Crippen molar-refractivity contribution in [3.63, 3.8) is 0 Å². The van der Waals surface area contributed by atoms with Gasteiger partial charge in [-0.3, -0.25) is 4.79 Å². The third-order valence-corrected chi connectivity index (χ3v) is 2.09. The highest BCUT2D eigenvalue weighted by atomic mass is 16.6. The Balaban J connectivity index is 4.87. The molecule has 0 aromatic rings. The quantitative estimate of drug-likeness (QED) is 0.594. The van der Waals surface area contributed by atoms with Gasteiger partial charge in [-0.2, -0.15) is 0 Å². The Hall–Kier alpha value is -1.32. The maximum atomic E-state index is 11.9.